The highest BCUT2D eigenvalue weighted by Crippen LogP contribution is 2.25. The van der Waals surface area contributed by atoms with Crippen LogP contribution in [0.1, 0.15) is 54.8 Å². The number of carbonyl (C=O) groups excluding carboxylic acids is 3. The molecule has 2 amide bonds. The molecule has 34 heavy (non-hydrogen) atoms. The standard InChI is InChI=1S/C22H28FN5O6/c1-5-32-20(30)13-9-26-28(11-13)14-8-15(18(24)29)19(25-10-14)33-17-6-7-27(12-16(17)23)21(31)34-22(2,3)4/h8-11,16-17H,5-7,12H2,1-4H3,(H2,24,29)/t16-,17+/m0/s1. The predicted octanol–water partition coefficient (Wildman–Crippen LogP) is 2.27. The lowest BCUT2D eigenvalue weighted by Crippen LogP contribution is -2.50. The fourth-order valence-corrected chi connectivity index (χ4v) is 3.27. The normalized spacial score (nSPS) is 18.3. The number of halogens is 1. The fraction of sp³-hybridized carbons (Fsp3) is 0.500. The van der Waals surface area contributed by atoms with Gasteiger partial charge in [0, 0.05) is 19.2 Å². The number of rotatable bonds is 6. The van der Waals surface area contributed by atoms with Crippen LogP contribution in [-0.4, -0.2) is 75.2 Å². The molecule has 1 aliphatic rings. The minimum Gasteiger partial charge on any atom is -0.471 e. The van der Waals surface area contributed by atoms with Gasteiger partial charge in [0.25, 0.3) is 5.91 Å². The summed E-state index contributed by atoms with van der Waals surface area (Å²) in [5.74, 6) is -1.50. The van der Waals surface area contributed by atoms with Crippen LogP contribution in [0.3, 0.4) is 0 Å². The minimum absolute atomic E-state index is 0.0764. The Morgan fingerprint density at radius 3 is 2.62 bits per heavy atom. The van der Waals surface area contributed by atoms with Crippen molar-refractivity contribution >= 4 is 18.0 Å². The molecule has 2 aromatic rings. The smallest absolute Gasteiger partial charge is 0.410 e. The van der Waals surface area contributed by atoms with Gasteiger partial charge in [-0.05, 0) is 33.8 Å². The number of hydrogen-bond acceptors (Lipinski definition) is 8. The first kappa shape index (κ1) is 24.9. The third-order valence-corrected chi connectivity index (χ3v) is 4.86. The van der Waals surface area contributed by atoms with E-state index >= 15 is 0 Å². The van der Waals surface area contributed by atoms with Crippen LogP contribution in [0.2, 0.25) is 0 Å². The van der Waals surface area contributed by atoms with Gasteiger partial charge in [-0.25, -0.2) is 23.6 Å². The summed E-state index contributed by atoms with van der Waals surface area (Å²) in [5.41, 5.74) is 5.28. The van der Waals surface area contributed by atoms with E-state index in [1.54, 1.807) is 27.7 Å². The van der Waals surface area contributed by atoms with Crippen molar-refractivity contribution in [1.82, 2.24) is 19.7 Å². The van der Waals surface area contributed by atoms with Crippen molar-refractivity contribution in [3.05, 3.63) is 35.8 Å². The van der Waals surface area contributed by atoms with Gasteiger partial charge in [0.2, 0.25) is 5.88 Å². The van der Waals surface area contributed by atoms with Crippen LogP contribution in [0.25, 0.3) is 5.69 Å². The van der Waals surface area contributed by atoms with E-state index in [0.29, 0.717) is 5.69 Å². The van der Waals surface area contributed by atoms with E-state index in [0.717, 1.165) is 0 Å². The number of ether oxygens (including phenoxy) is 3. The van der Waals surface area contributed by atoms with Gasteiger partial charge in [0.15, 0.2) is 6.17 Å². The van der Waals surface area contributed by atoms with E-state index in [-0.39, 0.29) is 43.1 Å². The molecule has 0 unspecified atom stereocenters. The Kier molecular flexibility index (Phi) is 7.38. The van der Waals surface area contributed by atoms with E-state index in [1.807, 2.05) is 0 Å². The number of carbonyl (C=O) groups is 3. The Balaban J connectivity index is 1.73. The summed E-state index contributed by atoms with van der Waals surface area (Å²) in [7, 11) is 0. The fourth-order valence-electron chi connectivity index (χ4n) is 3.27. The highest BCUT2D eigenvalue weighted by molar-refractivity contribution is 5.95. The van der Waals surface area contributed by atoms with Crippen molar-refractivity contribution < 1.29 is 33.0 Å². The first-order valence-electron chi connectivity index (χ1n) is 10.8. The number of esters is 1. The summed E-state index contributed by atoms with van der Waals surface area (Å²) < 4.78 is 32.0. The van der Waals surface area contributed by atoms with Crippen molar-refractivity contribution in [2.24, 2.45) is 5.73 Å². The number of pyridine rings is 1. The summed E-state index contributed by atoms with van der Waals surface area (Å²) in [6.45, 7) is 7.10. The van der Waals surface area contributed by atoms with Gasteiger partial charge in [-0.3, -0.25) is 4.79 Å². The zero-order valence-corrected chi connectivity index (χ0v) is 19.5. The van der Waals surface area contributed by atoms with Gasteiger partial charge in [-0.15, -0.1) is 0 Å². The molecule has 0 aromatic carbocycles. The summed E-state index contributed by atoms with van der Waals surface area (Å²) in [6, 6.07) is 1.38. The largest absolute Gasteiger partial charge is 0.471 e. The molecule has 184 valence electrons. The van der Waals surface area contributed by atoms with Crippen molar-refractivity contribution in [2.45, 2.75) is 52.0 Å². The van der Waals surface area contributed by atoms with Crippen molar-refractivity contribution in [1.29, 1.82) is 0 Å². The van der Waals surface area contributed by atoms with E-state index in [2.05, 4.69) is 10.1 Å². The van der Waals surface area contributed by atoms with Gasteiger partial charge in [0.1, 0.15) is 17.3 Å². The van der Waals surface area contributed by atoms with Gasteiger partial charge in [-0.2, -0.15) is 5.10 Å². The van der Waals surface area contributed by atoms with E-state index in [4.69, 9.17) is 19.9 Å². The quantitative estimate of drug-likeness (QED) is 0.625. The molecule has 3 heterocycles. The molecule has 1 saturated heterocycles. The zero-order chi connectivity index (χ0) is 25.0. The topological polar surface area (TPSA) is 139 Å². The van der Waals surface area contributed by atoms with Crippen LogP contribution < -0.4 is 10.5 Å². The molecule has 1 fully saturated rings. The van der Waals surface area contributed by atoms with Crippen molar-refractivity contribution in [3.8, 4) is 11.6 Å². The van der Waals surface area contributed by atoms with Gasteiger partial charge in [-0.1, -0.05) is 0 Å². The van der Waals surface area contributed by atoms with Crippen LogP contribution in [0.15, 0.2) is 24.7 Å². The first-order chi connectivity index (χ1) is 16.0. The Hall–Kier alpha value is -3.70. The van der Waals surface area contributed by atoms with Crippen LogP contribution >= 0.6 is 0 Å². The van der Waals surface area contributed by atoms with E-state index in [9.17, 15) is 18.8 Å². The van der Waals surface area contributed by atoms with Crippen LogP contribution in [0, 0.1) is 0 Å². The lowest BCUT2D eigenvalue weighted by atomic mass is 10.1. The second-order valence-electron chi connectivity index (χ2n) is 8.69. The van der Waals surface area contributed by atoms with Crippen LogP contribution in [-0.2, 0) is 9.47 Å². The van der Waals surface area contributed by atoms with Crippen molar-refractivity contribution in [3.63, 3.8) is 0 Å². The second kappa shape index (κ2) is 10.1. The summed E-state index contributed by atoms with van der Waals surface area (Å²) in [4.78, 5) is 41.5. The maximum atomic E-state index is 14.8. The number of aromatic nitrogens is 3. The number of nitrogens with zero attached hydrogens (tertiary/aromatic N) is 4. The van der Waals surface area contributed by atoms with Crippen LogP contribution in [0.4, 0.5) is 9.18 Å². The average Bonchev–Trinajstić information content (AvgIpc) is 3.24. The zero-order valence-electron chi connectivity index (χ0n) is 19.5. The number of likely N-dealkylation sites (tertiary alicyclic amines) is 1. The Morgan fingerprint density at radius 1 is 1.26 bits per heavy atom. The lowest BCUT2D eigenvalue weighted by Gasteiger charge is -2.35. The molecule has 0 bridgehead atoms. The van der Waals surface area contributed by atoms with Gasteiger partial charge in [0.05, 0.1) is 36.8 Å². The molecule has 12 heteroatoms. The molecular formula is C22H28FN5O6. The Labute approximate surface area is 196 Å². The maximum Gasteiger partial charge on any atom is 0.410 e. The Morgan fingerprint density at radius 2 is 2.00 bits per heavy atom. The minimum atomic E-state index is -1.53. The molecule has 2 atom stereocenters. The van der Waals surface area contributed by atoms with Crippen LogP contribution in [0.5, 0.6) is 5.88 Å². The summed E-state index contributed by atoms with van der Waals surface area (Å²) in [5, 5.41) is 4.07. The number of primary amides is 1. The number of piperidine rings is 1. The monoisotopic (exact) mass is 477 g/mol. The maximum absolute atomic E-state index is 14.8. The first-order valence-corrected chi connectivity index (χ1v) is 10.8. The molecular weight excluding hydrogens is 449 g/mol. The molecule has 3 rings (SSSR count). The number of alkyl halides is 1. The summed E-state index contributed by atoms with van der Waals surface area (Å²) >= 11 is 0. The molecule has 0 saturated carbocycles. The third-order valence-electron chi connectivity index (χ3n) is 4.86. The number of hydrogen-bond donors (Lipinski definition) is 1. The highest BCUT2D eigenvalue weighted by atomic mass is 19.1. The molecule has 0 spiro atoms. The molecule has 11 nitrogen and oxygen atoms in total. The predicted molar refractivity (Wildman–Crippen MR) is 118 cm³/mol. The molecule has 2 N–H and O–H groups in total. The third kappa shape index (κ3) is 6.00. The lowest BCUT2D eigenvalue weighted by molar-refractivity contribution is -0.0115. The highest BCUT2D eigenvalue weighted by Gasteiger charge is 2.35. The molecule has 2 aromatic heterocycles. The van der Waals surface area contributed by atoms with Gasteiger partial charge < -0.3 is 24.8 Å². The van der Waals surface area contributed by atoms with Gasteiger partial charge >= 0.3 is 12.1 Å². The van der Waals surface area contributed by atoms with Crippen molar-refractivity contribution in [2.75, 3.05) is 19.7 Å². The Bertz CT molecular complexity index is 1070. The van der Waals surface area contributed by atoms with E-state index in [1.165, 1.54) is 34.2 Å². The molecule has 0 radical (unpaired) electrons. The average molecular weight is 477 g/mol. The summed E-state index contributed by atoms with van der Waals surface area (Å²) in [6.07, 6.45) is 1.20. The molecule has 1 aliphatic heterocycles. The van der Waals surface area contributed by atoms with E-state index < -0.39 is 35.8 Å². The number of nitrogens with two attached hydrogens (primary N) is 1. The molecule has 0 aliphatic carbocycles. The second-order valence-corrected chi connectivity index (χ2v) is 8.69. The SMILES string of the molecule is CCOC(=O)c1cnn(-c2cnc(O[C@@H]3CCN(C(=O)OC(C)(C)C)C[C@@H]3F)c(C(N)=O)c2)c1. The number of amides is 2.